The molecule has 0 atom stereocenters. The van der Waals surface area contributed by atoms with Gasteiger partial charge < -0.3 is 15.5 Å². The fourth-order valence-corrected chi connectivity index (χ4v) is 1.99. The number of halogens is 1. The second kappa shape index (κ2) is 4.48. The molecule has 0 radical (unpaired) electrons. The smallest absolute Gasteiger partial charge is 0.268 e. The van der Waals surface area contributed by atoms with Gasteiger partial charge in [0, 0.05) is 0 Å². The lowest BCUT2D eigenvalue weighted by Gasteiger charge is -2.34. The summed E-state index contributed by atoms with van der Waals surface area (Å²) in [5.74, 6) is 0.995. The molecule has 0 unspecified atom stereocenters. The Morgan fingerprint density at radius 3 is 3.07 bits per heavy atom. The average Bonchev–Trinajstić information content (AvgIpc) is 2.17. The molecule has 1 heterocycles. The molecule has 1 fully saturated rings. The molecule has 0 saturated heterocycles. The Bertz CT molecular complexity index is 401. The highest BCUT2D eigenvalue weighted by molar-refractivity contribution is 14.1. The number of nitrogens with one attached hydrogen (secondary N) is 1. The van der Waals surface area contributed by atoms with E-state index in [0.29, 0.717) is 21.9 Å². The van der Waals surface area contributed by atoms with Gasteiger partial charge in [0.05, 0.1) is 6.33 Å². The van der Waals surface area contributed by atoms with Gasteiger partial charge in [-0.1, -0.05) is 0 Å². The summed E-state index contributed by atoms with van der Waals surface area (Å²) in [7, 11) is 0. The maximum absolute atomic E-state index is 11.2. The van der Waals surface area contributed by atoms with Crippen molar-refractivity contribution in [3.05, 3.63) is 20.3 Å². The van der Waals surface area contributed by atoms with Crippen LogP contribution in [-0.2, 0) is 0 Å². The van der Waals surface area contributed by atoms with E-state index in [9.17, 15) is 4.79 Å². The predicted octanol–water partition coefficient (Wildman–Crippen LogP) is 0.491. The number of hydrogen-bond donors (Lipinski definition) is 2. The van der Waals surface area contributed by atoms with Crippen LogP contribution in [0.1, 0.15) is 12.8 Å². The molecule has 82 valence electrons. The first-order valence-corrected chi connectivity index (χ1v) is 5.88. The molecule has 0 amide bonds. The van der Waals surface area contributed by atoms with E-state index in [2.05, 4.69) is 9.97 Å². The van der Waals surface area contributed by atoms with Gasteiger partial charge in [-0.2, -0.15) is 0 Å². The summed E-state index contributed by atoms with van der Waals surface area (Å²) in [6.07, 6.45) is 3.45. The van der Waals surface area contributed by atoms with Crippen LogP contribution in [0.25, 0.3) is 0 Å². The van der Waals surface area contributed by atoms with E-state index in [1.54, 1.807) is 0 Å². The Morgan fingerprint density at radius 2 is 2.40 bits per heavy atom. The van der Waals surface area contributed by atoms with Crippen molar-refractivity contribution < 1.29 is 4.74 Å². The Morgan fingerprint density at radius 1 is 1.67 bits per heavy atom. The Hall–Kier alpha value is -0.630. The fraction of sp³-hybridized carbons (Fsp3) is 0.556. The van der Waals surface area contributed by atoms with Gasteiger partial charge in [0.2, 0.25) is 5.88 Å². The fourth-order valence-electron chi connectivity index (χ4n) is 1.57. The van der Waals surface area contributed by atoms with E-state index < -0.39 is 0 Å². The molecule has 1 aliphatic carbocycles. The molecule has 0 aliphatic heterocycles. The van der Waals surface area contributed by atoms with Crippen molar-refractivity contribution in [3.63, 3.8) is 0 Å². The van der Waals surface area contributed by atoms with Crippen LogP contribution in [-0.4, -0.2) is 22.6 Å². The minimum Gasteiger partial charge on any atom is -0.473 e. The molecule has 3 N–H and O–H groups in total. The third-order valence-electron chi connectivity index (χ3n) is 2.57. The zero-order valence-electron chi connectivity index (χ0n) is 8.07. The number of rotatable bonds is 3. The molecule has 2 rings (SSSR count). The molecular weight excluding hydrogens is 309 g/mol. The third-order valence-corrected chi connectivity index (χ3v) is 3.52. The topological polar surface area (TPSA) is 81.0 Å². The van der Waals surface area contributed by atoms with Crippen LogP contribution < -0.4 is 16.0 Å². The van der Waals surface area contributed by atoms with Gasteiger partial charge in [-0.05, 0) is 47.9 Å². The van der Waals surface area contributed by atoms with Crippen molar-refractivity contribution in [1.29, 1.82) is 0 Å². The molecule has 0 bridgehead atoms. The van der Waals surface area contributed by atoms with E-state index in [0.717, 1.165) is 12.8 Å². The highest BCUT2D eigenvalue weighted by atomic mass is 127. The van der Waals surface area contributed by atoms with Gasteiger partial charge >= 0.3 is 0 Å². The molecule has 1 aliphatic rings. The molecule has 5 nitrogen and oxygen atoms in total. The maximum Gasteiger partial charge on any atom is 0.268 e. The summed E-state index contributed by atoms with van der Waals surface area (Å²) in [5.41, 5.74) is 5.36. The van der Waals surface area contributed by atoms with E-state index in [4.69, 9.17) is 10.5 Å². The summed E-state index contributed by atoms with van der Waals surface area (Å²) in [6.45, 7) is 0.708. The van der Waals surface area contributed by atoms with Gasteiger partial charge in [0.25, 0.3) is 5.56 Å². The summed E-state index contributed by atoms with van der Waals surface area (Å²) < 4.78 is 6.11. The minimum absolute atomic E-state index is 0.157. The first-order chi connectivity index (χ1) is 7.20. The Kier molecular flexibility index (Phi) is 3.25. The molecule has 0 spiro atoms. The number of aromatic nitrogens is 2. The molecular formula is C9H12IN3O2. The highest BCUT2D eigenvalue weighted by Crippen LogP contribution is 2.30. The van der Waals surface area contributed by atoms with Crippen molar-refractivity contribution in [2.45, 2.75) is 18.9 Å². The number of H-pyrrole nitrogens is 1. The monoisotopic (exact) mass is 321 g/mol. The van der Waals surface area contributed by atoms with Crippen LogP contribution in [0, 0.1) is 9.49 Å². The molecule has 1 saturated carbocycles. The zero-order chi connectivity index (χ0) is 10.8. The Balaban J connectivity index is 2.00. The van der Waals surface area contributed by atoms with E-state index in [-0.39, 0.29) is 11.7 Å². The maximum atomic E-state index is 11.2. The lowest BCUT2D eigenvalue weighted by molar-refractivity contribution is 0.0637. The van der Waals surface area contributed by atoms with Crippen molar-refractivity contribution >= 4 is 22.6 Å². The standard InChI is InChI=1S/C9H12IN3O2/c10-7-8(14)12-4-13-9(7)15-6-1-5(2-6)3-11/h4-6H,1-3,11H2,(H,12,13,14). The van der Waals surface area contributed by atoms with Gasteiger partial charge in [-0.25, -0.2) is 4.98 Å². The van der Waals surface area contributed by atoms with Crippen LogP contribution >= 0.6 is 22.6 Å². The highest BCUT2D eigenvalue weighted by Gasteiger charge is 2.30. The van der Waals surface area contributed by atoms with E-state index in [1.807, 2.05) is 22.6 Å². The Labute approximate surface area is 101 Å². The molecule has 6 heteroatoms. The molecule has 1 aromatic rings. The number of hydrogen-bond acceptors (Lipinski definition) is 4. The minimum atomic E-state index is -0.157. The van der Waals surface area contributed by atoms with Gasteiger partial charge in [0.15, 0.2) is 0 Å². The molecule has 15 heavy (non-hydrogen) atoms. The predicted molar refractivity (Wildman–Crippen MR) is 63.8 cm³/mol. The van der Waals surface area contributed by atoms with Crippen LogP contribution in [0.15, 0.2) is 11.1 Å². The second-order valence-corrected chi connectivity index (χ2v) is 4.74. The van der Waals surface area contributed by atoms with Crippen molar-refractivity contribution in [1.82, 2.24) is 9.97 Å². The van der Waals surface area contributed by atoms with Crippen LogP contribution in [0.5, 0.6) is 5.88 Å². The molecule has 0 aromatic carbocycles. The van der Waals surface area contributed by atoms with Crippen LogP contribution in [0.2, 0.25) is 0 Å². The van der Waals surface area contributed by atoms with Crippen molar-refractivity contribution in [3.8, 4) is 5.88 Å². The van der Waals surface area contributed by atoms with Gasteiger partial charge in [0.1, 0.15) is 9.67 Å². The number of nitrogens with zero attached hydrogens (tertiary/aromatic N) is 1. The largest absolute Gasteiger partial charge is 0.473 e. The van der Waals surface area contributed by atoms with Gasteiger partial charge in [-0.3, -0.25) is 4.79 Å². The van der Waals surface area contributed by atoms with Crippen molar-refractivity contribution in [2.24, 2.45) is 11.7 Å². The molecule has 1 aromatic heterocycles. The summed E-state index contributed by atoms with van der Waals surface area (Å²) in [5, 5.41) is 0. The number of nitrogens with two attached hydrogens (primary N) is 1. The summed E-state index contributed by atoms with van der Waals surface area (Å²) >= 11 is 1.94. The normalized spacial score (nSPS) is 24.7. The van der Waals surface area contributed by atoms with E-state index in [1.165, 1.54) is 6.33 Å². The van der Waals surface area contributed by atoms with Gasteiger partial charge in [-0.15, -0.1) is 0 Å². The third kappa shape index (κ3) is 2.31. The van der Waals surface area contributed by atoms with E-state index >= 15 is 0 Å². The number of ether oxygens (including phenoxy) is 1. The lowest BCUT2D eigenvalue weighted by atomic mass is 9.82. The lowest BCUT2D eigenvalue weighted by Crippen LogP contribution is -2.38. The summed E-state index contributed by atoms with van der Waals surface area (Å²) in [6, 6.07) is 0. The first-order valence-electron chi connectivity index (χ1n) is 4.80. The zero-order valence-corrected chi connectivity index (χ0v) is 10.2. The first kappa shape index (κ1) is 10.9. The van der Waals surface area contributed by atoms with Crippen LogP contribution in [0.3, 0.4) is 0 Å². The van der Waals surface area contributed by atoms with Crippen LogP contribution in [0.4, 0.5) is 0 Å². The summed E-state index contributed by atoms with van der Waals surface area (Å²) in [4.78, 5) is 17.7. The quantitative estimate of drug-likeness (QED) is 0.794. The SMILES string of the molecule is NCC1CC(Oc2nc[nH]c(=O)c2I)C1. The number of aromatic amines is 1. The second-order valence-electron chi connectivity index (χ2n) is 3.66. The average molecular weight is 321 g/mol. The van der Waals surface area contributed by atoms with Crippen molar-refractivity contribution in [2.75, 3.05) is 6.54 Å².